The Labute approximate surface area is 153 Å². The minimum atomic E-state index is -3.59. The van der Waals surface area contributed by atoms with Crippen molar-refractivity contribution in [3.63, 3.8) is 0 Å². The number of aromatic nitrogens is 2. The topological polar surface area (TPSA) is 75.5 Å². The second-order valence-electron chi connectivity index (χ2n) is 6.96. The van der Waals surface area contributed by atoms with E-state index in [1.807, 2.05) is 23.9 Å². The monoisotopic (exact) mass is 374 g/mol. The summed E-state index contributed by atoms with van der Waals surface area (Å²) in [7, 11) is -1.66. The quantitative estimate of drug-likeness (QED) is 0.816. The summed E-state index contributed by atoms with van der Waals surface area (Å²) in [5, 5.41) is 0. The number of sulfonamides is 1. The van der Waals surface area contributed by atoms with Crippen molar-refractivity contribution in [2.45, 2.75) is 30.6 Å². The van der Waals surface area contributed by atoms with Crippen molar-refractivity contribution in [3.05, 3.63) is 42.0 Å². The van der Waals surface area contributed by atoms with E-state index in [2.05, 4.69) is 4.98 Å². The summed E-state index contributed by atoms with van der Waals surface area (Å²) in [5.74, 6) is 0.960. The molecule has 4 rings (SSSR count). The van der Waals surface area contributed by atoms with Gasteiger partial charge in [0.1, 0.15) is 5.82 Å². The number of aryl methyl sites for hydroxylation is 1. The number of carbonyl (C=O) groups excluding carboxylic acids is 1. The fourth-order valence-corrected chi connectivity index (χ4v) is 5.44. The lowest BCUT2D eigenvalue weighted by atomic mass is 10.1. The molecule has 26 heavy (non-hydrogen) atoms. The molecule has 0 bridgehead atoms. The zero-order valence-electron chi connectivity index (χ0n) is 14.9. The van der Waals surface area contributed by atoms with E-state index in [0.29, 0.717) is 19.6 Å². The van der Waals surface area contributed by atoms with E-state index in [1.165, 1.54) is 11.2 Å². The second kappa shape index (κ2) is 6.21. The van der Waals surface area contributed by atoms with Gasteiger partial charge in [-0.2, -0.15) is 4.31 Å². The van der Waals surface area contributed by atoms with Gasteiger partial charge in [0.15, 0.2) is 0 Å². The first-order valence-corrected chi connectivity index (χ1v) is 10.2. The van der Waals surface area contributed by atoms with Gasteiger partial charge in [-0.05, 0) is 30.5 Å². The summed E-state index contributed by atoms with van der Waals surface area (Å²) in [5.41, 5.74) is 1.74. The Bertz CT molecular complexity index is 967. The Hall–Kier alpha value is -2.19. The summed E-state index contributed by atoms with van der Waals surface area (Å²) >= 11 is 0. The number of benzene rings is 1. The van der Waals surface area contributed by atoms with E-state index >= 15 is 0 Å². The van der Waals surface area contributed by atoms with E-state index in [1.54, 1.807) is 23.2 Å². The van der Waals surface area contributed by atoms with Crippen molar-refractivity contribution in [2.24, 2.45) is 7.05 Å². The maximum absolute atomic E-state index is 13.1. The Morgan fingerprint density at radius 3 is 2.77 bits per heavy atom. The van der Waals surface area contributed by atoms with Gasteiger partial charge in [0.25, 0.3) is 0 Å². The lowest BCUT2D eigenvalue weighted by Crippen LogP contribution is -2.29. The first-order valence-electron chi connectivity index (χ1n) is 8.76. The molecular formula is C18H22N4O3S. The molecule has 1 saturated heterocycles. The minimum Gasteiger partial charge on any atom is -0.338 e. The molecule has 1 unspecified atom stereocenters. The molecule has 2 aliphatic rings. The molecule has 138 valence electrons. The average molecular weight is 374 g/mol. The highest BCUT2D eigenvalue weighted by atomic mass is 32.2. The standard InChI is InChI=1S/C18H22N4O3S/c1-13(23)22-9-6-14-3-4-16(11-17(14)22)26(24,25)21-8-5-15(12-21)18-19-7-10-20(18)2/h3-4,7,10-11,15H,5-6,8-9,12H2,1-2H3. The van der Waals surface area contributed by atoms with E-state index in [-0.39, 0.29) is 16.7 Å². The largest absolute Gasteiger partial charge is 0.338 e. The molecule has 0 spiro atoms. The SMILES string of the molecule is CC(=O)N1CCc2ccc(S(=O)(=O)N3CCC(c4nccn4C)C3)cc21. The average Bonchev–Trinajstić information content (AvgIpc) is 3.32. The smallest absolute Gasteiger partial charge is 0.243 e. The molecule has 8 heteroatoms. The Balaban J connectivity index is 1.61. The van der Waals surface area contributed by atoms with Crippen LogP contribution in [0.15, 0.2) is 35.5 Å². The normalized spacial score (nSPS) is 20.5. The Morgan fingerprint density at radius 2 is 2.08 bits per heavy atom. The molecule has 2 aromatic rings. The molecule has 0 aliphatic carbocycles. The second-order valence-corrected chi connectivity index (χ2v) is 8.89. The van der Waals surface area contributed by atoms with Crippen molar-refractivity contribution in [2.75, 3.05) is 24.5 Å². The van der Waals surface area contributed by atoms with Crippen LogP contribution in [-0.4, -0.2) is 47.8 Å². The highest BCUT2D eigenvalue weighted by molar-refractivity contribution is 7.89. The third kappa shape index (κ3) is 2.73. The third-order valence-electron chi connectivity index (χ3n) is 5.34. The van der Waals surface area contributed by atoms with Gasteiger partial charge in [-0.1, -0.05) is 6.07 Å². The number of fused-ring (bicyclic) bond motifs is 1. The van der Waals surface area contributed by atoms with Crippen LogP contribution < -0.4 is 4.90 Å². The highest BCUT2D eigenvalue weighted by Crippen LogP contribution is 2.34. The minimum absolute atomic E-state index is 0.0608. The maximum Gasteiger partial charge on any atom is 0.243 e. The fourth-order valence-electron chi connectivity index (χ4n) is 3.92. The lowest BCUT2D eigenvalue weighted by Gasteiger charge is -2.19. The molecule has 1 fully saturated rings. The van der Waals surface area contributed by atoms with Crippen molar-refractivity contribution in [3.8, 4) is 0 Å². The summed E-state index contributed by atoms with van der Waals surface area (Å²) in [6.45, 7) is 3.03. The van der Waals surface area contributed by atoms with Gasteiger partial charge in [0.2, 0.25) is 15.9 Å². The molecule has 1 aromatic carbocycles. The van der Waals surface area contributed by atoms with Crippen LogP contribution in [0.3, 0.4) is 0 Å². The van der Waals surface area contributed by atoms with Gasteiger partial charge in [0.05, 0.1) is 4.90 Å². The first-order chi connectivity index (χ1) is 12.4. The highest BCUT2D eigenvalue weighted by Gasteiger charge is 2.35. The number of hydrogen-bond donors (Lipinski definition) is 0. The molecule has 1 amide bonds. The predicted octanol–water partition coefficient (Wildman–Crippen LogP) is 1.51. The molecule has 2 aliphatic heterocycles. The summed E-state index contributed by atoms with van der Waals surface area (Å²) < 4.78 is 29.7. The third-order valence-corrected chi connectivity index (χ3v) is 7.21. The number of anilines is 1. The number of carbonyl (C=O) groups is 1. The first kappa shape index (κ1) is 17.2. The van der Waals surface area contributed by atoms with Crippen molar-refractivity contribution >= 4 is 21.6 Å². The molecular weight excluding hydrogens is 352 g/mol. The van der Waals surface area contributed by atoms with Gasteiger partial charge >= 0.3 is 0 Å². The number of imidazole rings is 1. The van der Waals surface area contributed by atoms with Gasteiger partial charge < -0.3 is 9.47 Å². The summed E-state index contributed by atoms with van der Waals surface area (Å²) in [4.78, 5) is 18.1. The molecule has 3 heterocycles. The molecule has 7 nitrogen and oxygen atoms in total. The van der Waals surface area contributed by atoms with Crippen LogP contribution >= 0.6 is 0 Å². The summed E-state index contributed by atoms with van der Waals surface area (Å²) in [6.07, 6.45) is 5.14. The number of hydrogen-bond acceptors (Lipinski definition) is 4. The molecule has 0 N–H and O–H groups in total. The van der Waals surface area contributed by atoms with Gasteiger partial charge in [0, 0.05) is 57.6 Å². The van der Waals surface area contributed by atoms with Crippen LogP contribution in [-0.2, 0) is 28.3 Å². The van der Waals surface area contributed by atoms with Crippen LogP contribution in [0.25, 0.3) is 0 Å². The van der Waals surface area contributed by atoms with Gasteiger partial charge in [-0.3, -0.25) is 4.79 Å². The van der Waals surface area contributed by atoms with Crippen LogP contribution in [0.4, 0.5) is 5.69 Å². The van der Waals surface area contributed by atoms with Crippen LogP contribution in [0.1, 0.15) is 30.7 Å². The van der Waals surface area contributed by atoms with Gasteiger partial charge in [-0.25, -0.2) is 13.4 Å². The molecule has 0 saturated carbocycles. The van der Waals surface area contributed by atoms with E-state index in [9.17, 15) is 13.2 Å². The zero-order valence-corrected chi connectivity index (χ0v) is 15.7. The van der Waals surface area contributed by atoms with Crippen LogP contribution in [0, 0.1) is 0 Å². The number of rotatable bonds is 3. The van der Waals surface area contributed by atoms with E-state index < -0.39 is 10.0 Å². The Morgan fingerprint density at radius 1 is 1.27 bits per heavy atom. The van der Waals surface area contributed by atoms with Crippen molar-refractivity contribution in [1.82, 2.24) is 13.9 Å². The fraction of sp³-hybridized carbons (Fsp3) is 0.444. The Kier molecular flexibility index (Phi) is 4.11. The summed E-state index contributed by atoms with van der Waals surface area (Å²) in [6, 6.07) is 5.14. The van der Waals surface area contributed by atoms with Crippen molar-refractivity contribution in [1.29, 1.82) is 0 Å². The molecule has 1 atom stereocenters. The van der Waals surface area contributed by atoms with Crippen LogP contribution in [0.2, 0.25) is 0 Å². The number of amides is 1. The molecule has 1 aromatic heterocycles. The van der Waals surface area contributed by atoms with E-state index in [4.69, 9.17) is 0 Å². The van der Waals surface area contributed by atoms with Crippen molar-refractivity contribution < 1.29 is 13.2 Å². The lowest BCUT2D eigenvalue weighted by molar-refractivity contribution is -0.116. The van der Waals surface area contributed by atoms with E-state index in [0.717, 1.165) is 29.9 Å². The van der Waals surface area contributed by atoms with Crippen LogP contribution in [0.5, 0.6) is 0 Å². The molecule has 0 radical (unpaired) electrons. The number of nitrogens with zero attached hydrogens (tertiary/aromatic N) is 4. The maximum atomic E-state index is 13.1. The zero-order chi connectivity index (χ0) is 18.5. The predicted molar refractivity (Wildman–Crippen MR) is 97.5 cm³/mol. The van der Waals surface area contributed by atoms with Gasteiger partial charge in [-0.15, -0.1) is 0 Å².